The van der Waals surface area contributed by atoms with Crippen molar-refractivity contribution in [3.63, 3.8) is 0 Å². The summed E-state index contributed by atoms with van der Waals surface area (Å²) in [7, 11) is 0. The summed E-state index contributed by atoms with van der Waals surface area (Å²) < 4.78 is 0. The summed E-state index contributed by atoms with van der Waals surface area (Å²) in [6, 6.07) is 6.53. The van der Waals surface area contributed by atoms with E-state index >= 15 is 0 Å². The van der Waals surface area contributed by atoms with E-state index < -0.39 is 5.91 Å². The van der Waals surface area contributed by atoms with Crippen LogP contribution >= 0.6 is 23.2 Å². The van der Waals surface area contributed by atoms with Gasteiger partial charge in [0.15, 0.2) is 0 Å². The average molecular weight is 282 g/mol. The molecule has 0 fully saturated rings. The lowest BCUT2D eigenvalue weighted by molar-refractivity contribution is 0.102. The van der Waals surface area contributed by atoms with Gasteiger partial charge in [0.1, 0.15) is 10.8 Å². The van der Waals surface area contributed by atoms with Crippen molar-refractivity contribution in [2.45, 2.75) is 6.92 Å². The molecule has 6 heteroatoms. The zero-order valence-corrected chi connectivity index (χ0v) is 11.0. The molecular weight excluding hydrogens is 273 g/mol. The van der Waals surface area contributed by atoms with Crippen molar-refractivity contribution in [2.75, 3.05) is 5.32 Å². The van der Waals surface area contributed by atoms with Gasteiger partial charge in [-0.15, -0.1) is 0 Å². The van der Waals surface area contributed by atoms with Crippen molar-refractivity contribution in [1.82, 2.24) is 9.97 Å². The van der Waals surface area contributed by atoms with E-state index in [0.29, 0.717) is 11.4 Å². The molecule has 0 aliphatic heterocycles. The van der Waals surface area contributed by atoms with Gasteiger partial charge in [-0.05, 0) is 31.2 Å². The first kappa shape index (κ1) is 12.8. The lowest BCUT2D eigenvalue weighted by Gasteiger charge is -2.07. The van der Waals surface area contributed by atoms with Gasteiger partial charge in [-0.1, -0.05) is 23.2 Å². The van der Waals surface area contributed by atoms with Crippen LogP contribution in [0.15, 0.2) is 30.5 Å². The molecule has 0 spiro atoms. The molecule has 4 nitrogen and oxygen atoms in total. The second kappa shape index (κ2) is 5.33. The van der Waals surface area contributed by atoms with Crippen LogP contribution in [0.5, 0.6) is 0 Å². The van der Waals surface area contributed by atoms with Crippen LogP contribution in [0.3, 0.4) is 0 Å². The van der Waals surface area contributed by atoms with Crippen LogP contribution in [-0.2, 0) is 0 Å². The molecule has 2 rings (SSSR count). The lowest BCUT2D eigenvalue weighted by atomic mass is 10.3. The number of aryl methyl sites for hydroxylation is 1. The number of hydrogen-bond acceptors (Lipinski definition) is 3. The Kier molecular flexibility index (Phi) is 3.79. The number of rotatable bonds is 2. The lowest BCUT2D eigenvalue weighted by Crippen LogP contribution is -2.15. The van der Waals surface area contributed by atoms with E-state index in [1.54, 1.807) is 25.3 Å². The first-order valence-electron chi connectivity index (χ1n) is 5.13. The Labute approximate surface area is 114 Å². The third kappa shape index (κ3) is 2.78. The molecule has 0 unspecified atom stereocenters. The van der Waals surface area contributed by atoms with Crippen molar-refractivity contribution in [2.24, 2.45) is 0 Å². The first-order valence-corrected chi connectivity index (χ1v) is 5.88. The number of halogens is 2. The number of aromatic nitrogens is 2. The van der Waals surface area contributed by atoms with E-state index in [2.05, 4.69) is 15.3 Å². The molecule has 0 aliphatic carbocycles. The maximum absolute atomic E-state index is 12.0. The number of nitrogens with zero attached hydrogens (tertiary/aromatic N) is 2. The van der Waals surface area contributed by atoms with Crippen molar-refractivity contribution in [3.8, 4) is 0 Å². The molecule has 2 heterocycles. The van der Waals surface area contributed by atoms with Crippen molar-refractivity contribution < 1.29 is 4.79 Å². The number of pyridine rings is 2. The second-order valence-corrected chi connectivity index (χ2v) is 4.35. The smallest absolute Gasteiger partial charge is 0.275 e. The summed E-state index contributed by atoms with van der Waals surface area (Å²) in [5, 5.41) is 3.15. The standard InChI is InChI=1S/C12H9Cl2N3O/c1-7-9(3-2-6-15-7)16-12(18)11-8(13)4-5-10(14)17-11/h2-6H,1H3,(H,16,18). The fraction of sp³-hybridized carbons (Fsp3) is 0.0833. The van der Waals surface area contributed by atoms with Gasteiger partial charge >= 0.3 is 0 Å². The number of carbonyl (C=O) groups excluding carboxylic acids is 1. The summed E-state index contributed by atoms with van der Waals surface area (Å²) >= 11 is 11.6. The number of hydrogen-bond donors (Lipinski definition) is 1. The number of nitrogens with one attached hydrogen (secondary N) is 1. The predicted octanol–water partition coefficient (Wildman–Crippen LogP) is 3.34. The van der Waals surface area contributed by atoms with E-state index in [1.807, 2.05) is 0 Å². The Morgan fingerprint density at radius 1 is 1.28 bits per heavy atom. The fourth-order valence-corrected chi connectivity index (χ4v) is 1.71. The Morgan fingerprint density at radius 3 is 2.78 bits per heavy atom. The van der Waals surface area contributed by atoms with Gasteiger partial charge in [0.2, 0.25) is 0 Å². The van der Waals surface area contributed by atoms with Crippen LogP contribution in [0, 0.1) is 6.92 Å². The first-order chi connectivity index (χ1) is 8.58. The van der Waals surface area contributed by atoms with Crippen molar-refractivity contribution >= 4 is 34.8 Å². The molecule has 18 heavy (non-hydrogen) atoms. The Balaban J connectivity index is 2.28. The van der Waals surface area contributed by atoms with Gasteiger partial charge in [0.05, 0.1) is 16.4 Å². The molecule has 0 saturated carbocycles. The molecule has 0 aromatic carbocycles. The molecular formula is C12H9Cl2N3O. The highest BCUT2D eigenvalue weighted by Gasteiger charge is 2.14. The number of carbonyl (C=O) groups is 1. The number of amides is 1. The monoisotopic (exact) mass is 281 g/mol. The van der Waals surface area contributed by atoms with Crippen LogP contribution in [0.25, 0.3) is 0 Å². The van der Waals surface area contributed by atoms with E-state index in [1.165, 1.54) is 12.1 Å². The highest BCUT2D eigenvalue weighted by molar-refractivity contribution is 6.35. The van der Waals surface area contributed by atoms with Gasteiger partial charge in [-0.3, -0.25) is 9.78 Å². The van der Waals surface area contributed by atoms with E-state index in [-0.39, 0.29) is 15.9 Å². The quantitative estimate of drug-likeness (QED) is 0.859. The van der Waals surface area contributed by atoms with Gasteiger partial charge in [0, 0.05) is 6.20 Å². The van der Waals surface area contributed by atoms with E-state index in [4.69, 9.17) is 23.2 Å². The largest absolute Gasteiger partial charge is 0.319 e. The number of anilines is 1. The molecule has 0 aliphatic rings. The van der Waals surface area contributed by atoms with Crippen LogP contribution in [0.1, 0.15) is 16.2 Å². The molecule has 1 N–H and O–H groups in total. The third-order valence-electron chi connectivity index (χ3n) is 2.28. The highest BCUT2D eigenvalue weighted by atomic mass is 35.5. The Morgan fingerprint density at radius 2 is 2.06 bits per heavy atom. The third-order valence-corrected chi connectivity index (χ3v) is 2.80. The molecule has 2 aromatic rings. The van der Waals surface area contributed by atoms with Gasteiger partial charge < -0.3 is 5.32 Å². The summed E-state index contributed by atoms with van der Waals surface area (Å²) in [4.78, 5) is 20.0. The zero-order valence-electron chi connectivity index (χ0n) is 9.45. The van der Waals surface area contributed by atoms with E-state index in [9.17, 15) is 4.79 Å². The molecule has 2 aromatic heterocycles. The molecule has 0 saturated heterocycles. The summed E-state index contributed by atoms with van der Waals surface area (Å²) in [6.07, 6.45) is 1.65. The van der Waals surface area contributed by atoms with Crippen LogP contribution in [-0.4, -0.2) is 15.9 Å². The SMILES string of the molecule is Cc1ncccc1NC(=O)c1nc(Cl)ccc1Cl. The molecule has 0 bridgehead atoms. The van der Waals surface area contributed by atoms with Crippen molar-refractivity contribution in [3.05, 3.63) is 52.0 Å². The minimum Gasteiger partial charge on any atom is -0.319 e. The molecule has 1 amide bonds. The Bertz CT molecular complexity index is 602. The average Bonchev–Trinajstić information content (AvgIpc) is 2.35. The van der Waals surface area contributed by atoms with E-state index in [0.717, 1.165) is 0 Å². The molecule has 0 atom stereocenters. The summed E-state index contributed by atoms with van der Waals surface area (Å²) in [5.74, 6) is -0.418. The highest BCUT2D eigenvalue weighted by Crippen LogP contribution is 2.19. The normalized spacial score (nSPS) is 10.2. The Hall–Kier alpha value is -1.65. The second-order valence-electron chi connectivity index (χ2n) is 3.55. The van der Waals surface area contributed by atoms with Crippen LogP contribution in [0.4, 0.5) is 5.69 Å². The van der Waals surface area contributed by atoms with Gasteiger partial charge in [0.25, 0.3) is 5.91 Å². The topological polar surface area (TPSA) is 54.9 Å². The maximum atomic E-state index is 12.0. The fourth-order valence-electron chi connectivity index (χ4n) is 1.38. The molecule has 0 radical (unpaired) electrons. The summed E-state index contributed by atoms with van der Waals surface area (Å²) in [5.41, 5.74) is 1.41. The maximum Gasteiger partial charge on any atom is 0.275 e. The zero-order chi connectivity index (χ0) is 13.1. The predicted molar refractivity (Wildman–Crippen MR) is 71.2 cm³/mol. The molecule has 92 valence electrons. The van der Waals surface area contributed by atoms with Crippen molar-refractivity contribution in [1.29, 1.82) is 0 Å². The van der Waals surface area contributed by atoms with Crippen LogP contribution in [0.2, 0.25) is 10.2 Å². The van der Waals surface area contributed by atoms with Gasteiger partial charge in [-0.25, -0.2) is 4.98 Å². The summed E-state index contributed by atoms with van der Waals surface area (Å²) in [6.45, 7) is 1.79. The minimum absolute atomic E-state index is 0.0902. The minimum atomic E-state index is -0.418. The van der Waals surface area contributed by atoms with Gasteiger partial charge in [-0.2, -0.15) is 0 Å². The van der Waals surface area contributed by atoms with Crippen LogP contribution < -0.4 is 5.32 Å².